The summed E-state index contributed by atoms with van der Waals surface area (Å²) in [6.45, 7) is 4.85. The van der Waals surface area contributed by atoms with Crippen molar-refractivity contribution in [2.24, 2.45) is 17.6 Å². The lowest BCUT2D eigenvalue weighted by atomic mass is 10.0. The van der Waals surface area contributed by atoms with Gasteiger partial charge in [-0.25, -0.2) is 0 Å². The molecule has 0 aromatic rings. The maximum atomic E-state index is 11.6. The number of unbranched alkanes of at least 4 members (excludes halogenated alkanes) is 2. The number of rotatable bonds is 20. The van der Waals surface area contributed by atoms with Gasteiger partial charge in [0, 0.05) is 89.2 Å². The molecule has 258 valence electrons. The molecule has 0 aromatic carbocycles. The van der Waals surface area contributed by atoms with Gasteiger partial charge >= 0.3 is 0 Å². The SMILES string of the molecule is CC(CCCCNC(=O)CCN1C(=O)C=CC1=O)C(=O)P=S.C[C@@H](CCCCNC(=O)CCN1C(=O)C=CC1=O)C(N)=O.S=PP=S. The van der Waals surface area contributed by atoms with Gasteiger partial charge in [-0.2, -0.15) is 0 Å². The number of nitrogens with one attached hydrogen (secondary N) is 2. The molecule has 0 bridgehead atoms. The van der Waals surface area contributed by atoms with Crippen molar-refractivity contribution < 1.29 is 38.4 Å². The Hall–Kier alpha value is -2.60. The van der Waals surface area contributed by atoms with Gasteiger partial charge in [0.2, 0.25) is 17.7 Å². The van der Waals surface area contributed by atoms with Gasteiger partial charge in [0.15, 0.2) is 5.52 Å². The predicted molar refractivity (Wildman–Crippen MR) is 190 cm³/mol. The second-order valence-electron chi connectivity index (χ2n) is 10.3. The summed E-state index contributed by atoms with van der Waals surface area (Å²) in [5, 5.41) is 5.45. The molecule has 0 radical (unpaired) electrons. The Balaban J connectivity index is 0.000000808. The van der Waals surface area contributed by atoms with Crippen LogP contribution in [0.2, 0.25) is 0 Å². The second-order valence-corrected chi connectivity index (χ2v) is 15.7. The monoisotopic (exact) mass is 763 g/mol. The van der Waals surface area contributed by atoms with Crippen LogP contribution in [0.4, 0.5) is 0 Å². The Kier molecular flexibility index (Phi) is 24.9. The van der Waals surface area contributed by atoms with Gasteiger partial charge in [-0.15, -0.1) is 0 Å². The van der Waals surface area contributed by atoms with Crippen LogP contribution in [0.5, 0.6) is 0 Å². The lowest BCUT2D eigenvalue weighted by Gasteiger charge is -2.13. The Morgan fingerprint density at radius 3 is 1.36 bits per heavy atom. The summed E-state index contributed by atoms with van der Waals surface area (Å²) < 4.78 is 0. The zero-order valence-corrected chi connectivity index (χ0v) is 31.4. The van der Waals surface area contributed by atoms with E-state index in [4.69, 9.17) is 5.73 Å². The van der Waals surface area contributed by atoms with Gasteiger partial charge in [0.25, 0.3) is 23.6 Å². The quantitative estimate of drug-likeness (QED) is 0.0938. The van der Waals surface area contributed by atoms with Crippen LogP contribution in [0.1, 0.15) is 65.2 Å². The van der Waals surface area contributed by atoms with E-state index >= 15 is 0 Å². The number of nitrogens with zero attached hydrogens (tertiary/aromatic N) is 2. The normalized spacial score (nSPS) is 14.9. The highest BCUT2D eigenvalue weighted by atomic mass is 32.7. The molecule has 0 fully saturated rings. The zero-order valence-electron chi connectivity index (χ0n) is 26.3. The summed E-state index contributed by atoms with van der Waals surface area (Å²) in [5.74, 6) is -2.41. The van der Waals surface area contributed by atoms with Crippen molar-refractivity contribution in [3.63, 3.8) is 0 Å². The first-order valence-electron chi connectivity index (χ1n) is 14.7. The van der Waals surface area contributed by atoms with Gasteiger partial charge in [0.1, 0.15) is 0 Å². The van der Waals surface area contributed by atoms with Crippen molar-refractivity contribution in [2.45, 2.75) is 65.2 Å². The zero-order chi connectivity index (χ0) is 35.8. The number of hydrogen-bond acceptors (Lipinski definition) is 11. The average Bonchev–Trinajstić information content (AvgIpc) is 3.55. The van der Waals surface area contributed by atoms with Crippen molar-refractivity contribution in [1.82, 2.24) is 20.4 Å². The molecule has 0 spiro atoms. The highest BCUT2D eigenvalue weighted by Gasteiger charge is 2.24. The number of nitrogens with two attached hydrogens (primary N) is 1. The molecule has 7 amide bonds. The number of hydrogen-bond donors (Lipinski definition) is 3. The number of primary amides is 1. The van der Waals surface area contributed by atoms with Crippen LogP contribution in [-0.2, 0) is 73.8 Å². The number of carbonyl (C=O) groups is 8. The molecule has 47 heavy (non-hydrogen) atoms. The number of amides is 7. The molecular weight excluding hydrogens is 723 g/mol. The Labute approximate surface area is 294 Å². The van der Waals surface area contributed by atoms with Crippen LogP contribution in [-0.4, -0.2) is 82.9 Å². The van der Waals surface area contributed by atoms with E-state index < -0.39 is 0 Å². The fourth-order valence-corrected chi connectivity index (χ4v) is 4.72. The van der Waals surface area contributed by atoms with Crippen LogP contribution in [0.3, 0.4) is 0 Å². The van der Waals surface area contributed by atoms with Crippen molar-refractivity contribution in [1.29, 1.82) is 0 Å². The molecule has 19 heteroatoms. The molecule has 0 aliphatic carbocycles. The summed E-state index contributed by atoms with van der Waals surface area (Å²) >= 11 is 13.5. The van der Waals surface area contributed by atoms with Crippen molar-refractivity contribution in [3.8, 4) is 0 Å². The maximum Gasteiger partial charge on any atom is 0.253 e. The predicted octanol–water partition coefficient (Wildman–Crippen LogP) is 2.59. The Morgan fingerprint density at radius 2 is 1.04 bits per heavy atom. The van der Waals surface area contributed by atoms with Crippen LogP contribution >= 0.6 is 21.4 Å². The third kappa shape index (κ3) is 20.4. The minimum atomic E-state index is -0.381. The molecule has 0 aromatic heterocycles. The van der Waals surface area contributed by atoms with Crippen molar-refractivity contribution in [3.05, 3.63) is 24.3 Å². The van der Waals surface area contributed by atoms with Gasteiger partial charge in [-0.1, -0.05) is 26.7 Å². The fraction of sp³-hybridized carbons (Fsp3) is 0.571. The van der Waals surface area contributed by atoms with E-state index in [9.17, 15) is 38.4 Å². The average molecular weight is 764 g/mol. The molecule has 2 atom stereocenters. The van der Waals surface area contributed by atoms with Gasteiger partial charge in [-0.05, 0) is 61.1 Å². The highest BCUT2D eigenvalue weighted by molar-refractivity contribution is 8.40. The van der Waals surface area contributed by atoms with Gasteiger partial charge in [-0.3, -0.25) is 48.2 Å². The molecule has 2 aliphatic rings. The molecule has 0 saturated heterocycles. The van der Waals surface area contributed by atoms with E-state index in [1.807, 2.05) is 6.92 Å². The minimum Gasteiger partial charge on any atom is -0.369 e. The van der Waals surface area contributed by atoms with E-state index in [0.717, 1.165) is 56.0 Å². The van der Waals surface area contributed by atoms with E-state index in [1.165, 1.54) is 24.3 Å². The maximum absolute atomic E-state index is 11.6. The first-order chi connectivity index (χ1) is 22.3. The number of carbonyl (C=O) groups excluding carboxylic acids is 8. The van der Waals surface area contributed by atoms with Crippen molar-refractivity contribution in [2.75, 3.05) is 26.2 Å². The first kappa shape index (κ1) is 44.4. The van der Waals surface area contributed by atoms with Crippen LogP contribution in [0.15, 0.2) is 24.3 Å². The summed E-state index contributed by atoms with van der Waals surface area (Å²) in [7, 11) is 2.12. The third-order valence-electron chi connectivity index (χ3n) is 6.73. The first-order valence-corrected chi connectivity index (χ1v) is 21.1. The van der Waals surface area contributed by atoms with Gasteiger partial charge < -0.3 is 16.4 Å². The topological polar surface area (TPSA) is 193 Å². The van der Waals surface area contributed by atoms with E-state index in [0.29, 0.717) is 26.9 Å². The lowest BCUT2D eigenvalue weighted by Crippen LogP contribution is -2.35. The third-order valence-corrected chi connectivity index (χ3v) is 10.6. The fourth-order valence-electron chi connectivity index (χ4n) is 3.87. The van der Waals surface area contributed by atoms with Crippen LogP contribution in [0, 0.1) is 11.8 Å². The van der Waals surface area contributed by atoms with Crippen LogP contribution in [0.25, 0.3) is 0 Å². The van der Waals surface area contributed by atoms with E-state index in [-0.39, 0.29) is 84.6 Å². The molecular formula is C28H40N5O8P3S3. The standard InChI is InChI=1S/C14H21N3O4.C14H19N2O4PS.P2S2/c1-10(14(15)21)4-2-3-8-16-11(18)7-9-17-12(19)5-6-13(17)20;1-10(14(20)21-22)4-2-3-8-15-11(17)7-9-16-12(18)5-6-13(16)19;3-1-2-4/h5-6,10H,2-4,7-9H2,1H3,(H2,15,21)(H,16,18);5-6,10H,2-4,7-9H2,1H3,(H,15,17);/t10-;;/m0../s1. The summed E-state index contributed by atoms with van der Waals surface area (Å²) in [6.07, 6.45) is 9.63. The highest BCUT2D eigenvalue weighted by Crippen LogP contribution is 2.14. The smallest absolute Gasteiger partial charge is 0.253 e. The molecule has 2 aliphatic heterocycles. The van der Waals surface area contributed by atoms with Gasteiger partial charge in [0.05, 0.1) is 7.36 Å². The van der Waals surface area contributed by atoms with E-state index in [1.54, 1.807) is 6.92 Å². The molecule has 0 saturated carbocycles. The number of imide groups is 2. The summed E-state index contributed by atoms with van der Waals surface area (Å²) in [4.78, 5) is 92.5. The molecule has 1 unspecified atom stereocenters. The molecule has 4 N–H and O–H groups in total. The molecule has 2 rings (SSSR count). The van der Waals surface area contributed by atoms with Crippen molar-refractivity contribution >= 4 is 104 Å². The molecule has 2 heterocycles. The lowest BCUT2D eigenvalue weighted by molar-refractivity contribution is -0.139. The minimum absolute atomic E-state index is 0.0328. The Morgan fingerprint density at radius 1 is 0.681 bits per heavy atom. The largest absolute Gasteiger partial charge is 0.369 e. The summed E-state index contributed by atoms with van der Waals surface area (Å²) in [6, 6.07) is 0. The summed E-state index contributed by atoms with van der Waals surface area (Å²) in [5.41, 5.74) is 5.21. The second kappa shape index (κ2) is 26.4. The molecule has 13 nitrogen and oxygen atoms in total. The van der Waals surface area contributed by atoms with Crippen LogP contribution < -0.4 is 16.4 Å². The van der Waals surface area contributed by atoms with E-state index in [2.05, 4.69) is 46.1 Å². The Bertz CT molecular complexity index is 1210.